The van der Waals surface area contributed by atoms with Crippen LogP contribution in [0, 0.1) is 24.7 Å². The third-order valence-electron chi connectivity index (χ3n) is 4.57. The number of benzene rings is 1. The van der Waals surface area contributed by atoms with Crippen molar-refractivity contribution >= 4 is 11.2 Å². The Morgan fingerprint density at radius 3 is 2.24 bits per heavy atom. The molecule has 0 spiro atoms. The molecule has 0 fully saturated rings. The molecular weight excluding hydrogens is 372 g/mol. The molecule has 2 heterocycles. The highest BCUT2D eigenvalue weighted by Crippen LogP contribution is 2.32. The summed E-state index contributed by atoms with van der Waals surface area (Å²) in [5, 5.41) is 0. The van der Waals surface area contributed by atoms with Gasteiger partial charge in [0.25, 0.3) is 5.56 Å². The van der Waals surface area contributed by atoms with Crippen LogP contribution in [0.2, 0.25) is 0 Å². The molecule has 0 bridgehead atoms. The molecule has 0 aliphatic heterocycles. The summed E-state index contributed by atoms with van der Waals surface area (Å²) in [6, 6.07) is 5.25. The number of hydrogen-bond donors (Lipinski definition) is 0. The fourth-order valence-electron chi connectivity index (χ4n) is 3.25. The molecular formula is C21H20N4O4. The number of fused-ring (bicyclic) bond motifs is 1. The van der Waals surface area contributed by atoms with Crippen molar-refractivity contribution in [1.29, 1.82) is 0 Å². The first kappa shape index (κ1) is 19.8. The number of methoxy groups -OCH3 is 2. The van der Waals surface area contributed by atoms with Gasteiger partial charge in [-0.3, -0.25) is 9.36 Å². The summed E-state index contributed by atoms with van der Waals surface area (Å²) >= 11 is 0. The van der Waals surface area contributed by atoms with Gasteiger partial charge < -0.3 is 14.0 Å². The Balaban J connectivity index is 2.44. The molecule has 8 heteroatoms. The second-order valence-electron chi connectivity index (χ2n) is 6.09. The van der Waals surface area contributed by atoms with Crippen molar-refractivity contribution in [2.75, 3.05) is 14.2 Å². The number of terminal acetylenes is 2. The van der Waals surface area contributed by atoms with Crippen LogP contribution in [0.4, 0.5) is 0 Å². The largest absolute Gasteiger partial charge is 0.493 e. The third kappa shape index (κ3) is 3.15. The highest BCUT2D eigenvalue weighted by Gasteiger charge is 2.22. The number of rotatable bonds is 6. The van der Waals surface area contributed by atoms with E-state index >= 15 is 0 Å². The van der Waals surface area contributed by atoms with E-state index in [2.05, 4.69) is 16.8 Å². The van der Waals surface area contributed by atoms with Gasteiger partial charge in [-0.2, -0.15) is 0 Å². The highest BCUT2D eigenvalue weighted by molar-refractivity contribution is 5.78. The molecule has 148 valence electrons. The van der Waals surface area contributed by atoms with Gasteiger partial charge in [0.05, 0.1) is 27.3 Å². The molecule has 3 rings (SSSR count). The van der Waals surface area contributed by atoms with Gasteiger partial charge in [0.1, 0.15) is 5.82 Å². The summed E-state index contributed by atoms with van der Waals surface area (Å²) in [7, 11) is 3.07. The molecule has 29 heavy (non-hydrogen) atoms. The lowest BCUT2D eigenvalue weighted by atomic mass is 10.2. The van der Waals surface area contributed by atoms with Crippen LogP contribution in [0.25, 0.3) is 22.6 Å². The monoisotopic (exact) mass is 392 g/mol. The van der Waals surface area contributed by atoms with Gasteiger partial charge >= 0.3 is 5.69 Å². The average Bonchev–Trinajstić information content (AvgIpc) is 3.10. The van der Waals surface area contributed by atoms with E-state index < -0.39 is 11.2 Å². The van der Waals surface area contributed by atoms with Crippen molar-refractivity contribution in [1.82, 2.24) is 18.7 Å². The zero-order valence-corrected chi connectivity index (χ0v) is 16.4. The Morgan fingerprint density at radius 2 is 1.66 bits per heavy atom. The Morgan fingerprint density at radius 1 is 1.00 bits per heavy atom. The lowest BCUT2D eigenvalue weighted by Crippen LogP contribution is -2.40. The van der Waals surface area contributed by atoms with Gasteiger partial charge in [-0.25, -0.2) is 14.3 Å². The Hall–Kier alpha value is -3.91. The predicted octanol–water partition coefficient (Wildman–Crippen LogP) is 1.33. The summed E-state index contributed by atoms with van der Waals surface area (Å²) in [4.78, 5) is 30.4. The summed E-state index contributed by atoms with van der Waals surface area (Å²) in [5.74, 6) is 6.39. The molecule has 3 aromatic rings. The summed E-state index contributed by atoms with van der Waals surface area (Å²) in [5.41, 5.74) is 0.113. The number of aryl methyl sites for hydroxylation is 1. The molecule has 8 nitrogen and oxygen atoms in total. The number of ether oxygens (including phenoxy) is 2. The van der Waals surface area contributed by atoms with Crippen molar-refractivity contribution in [3.63, 3.8) is 0 Å². The Labute approximate surface area is 167 Å². The number of imidazole rings is 1. The molecule has 2 aromatic heterocycles. The minimum absolute atomic E-state index is 0.0907. The van der Waals surface area contributed by atoms with Crippen molar-refractivity contribution in [3.8, 4) is 47.6 Å². The molecule has 0 saturated heterocycles. The fraction of sp³-hybridized carbons (Fsp3) is 0.286. The molecule has 0 amide bonds. The first-order valence-electron chi connectivity index (χ1n) is 8.85. The number of hydrogen-bond acceptors (Lipinski definition) is 5. The minimum atomic E-state index is -0.526. The van der Waals surface area contributed by atoms with Crippen LogP contribution in [-0.2, 0) is 19.6 Å². The standard InChI is InChI=1S/C21H20N4O4/c1-6-11-24-17-19(23(8-3)21(27)25(12-7-2)20(17)26)22-18(24)14-9-10-15(28-4)16(13-14)29-5/h1-2,9-10,13H,8,11-12H2,3-5H3. The van der Waals surface area contributed by atoms with Gasteiger partial charge in [0.2, 0.25) is 0 Å². The molecule has 0 atom stereocenters. The lowest BCUT2D eigenvalue weighted by Gasteiger charge is -2.10. The van der Waals surface area contributed by atoms with Gasteiger partial charge in [-0.05, 0) is 25.1 Å². The van der Waals surface area contributed by atoms with E-state index in [4.69, 9.17) is 22.3 Å². The van der Waals surface area contributed by atoms with Crippen molar-refractivity contribution < 1.29 is 9.47 Å². The summed E-state index contributed by atoms with van der Waals surface area (Å²) < 4.78 is 14.7. The average molecular weight is 392 g/mol. The van der Waals surface area contributed by atoms with Gasteiger partial charge in [-0.1, -0.05) is 11.8 Å². The molecule has 1 aromatic carbocycles. The van der Waals surface area contributed by atoms with E-state index in [1.807, 2.05) is 0 Å². The molecule has 0 aliphatic carbocycles. The minimum Gasteiger partial charge on any atom is -0.493 e. The van der Waals surface area contributed by atoms with Crippen molar-refractivity contribution in [3.05, 3.63) is 39.0 Å². The van der Waals surface area contributed by atoms with Crippen LogP contribution < -0.4 is 20.7 Å². The molecule has 0 radical (unpaired) electrons. The summed E-state index contributed by atoms with van der Waals surface area (Å²) in [6.45, 7) is 2.06. The topological polar surface area (TPSA) is 80.3 Å². The van der Waals surface area contributed by atoms with Crippen LogP contribution in [0.1, 0.15) is 6.92 Å². The zero-order chi connectivity index (χ0) is 21.1. The molecule has 0 saturated carbocycles. The van der Waals surface area contributed by atoms with Crippen LogP contribution in [0.15, 0.2) is 27.8 Å². The van der Waals surface area contributed by atoms with E-state index in [-0.39, 0.29) is 24.3 Å². The molecule has 0 unspecified atom stereocenters. The van der Waals surface area contributed by atoms with Crippen LogP contribution in [0.3, 0.4) is 0 Å². The second-order valence-corrected chi connectivity index (χ2v) is 6.09. The number of nitrogens with zero attached hydrogens (tertiary/aromatic N) is 4. The summed E-state index contributed by atoms with van der Waals surface area (Å²) in [6.07, 6.45) is 10.9. The van der Waals surface area contributed by atoms with E-state index in [9.17, 15) is 9.59 Å². The van der Waals surface area contributed by atoms with E-state index in [0.29, 0.717) is 29.4 Å². The van der Waals surface area contributed by atoms with E-state index in [1.54, 1.807) is 36.8 Å². The Bertz CT molecular complexity index is 1280. The number of aromatic nitrogens is 4. The van der Waals surface area contributed by atoms with Crippen LogP contribution in [-0.4, -0.2) is 32.9 Å². The maximum atomic E-state index is 13.1. The SMILES string of the molecule is C#CCn1c(=O)c2c(nc(-c3ccc(OC)c(OC)c3)n2CC#C)n(CC)c1=O. The predicted molar refractivity (Wildman–Crippen MR) is 110 cm³/mol. The quantitative estimate of drug-likeness (QED) is 0.592. The lowest BCUT2D eigenvalue weighted by molar-refractivity contribution is 0.355. The van der Waals surface area contributed by atoms with E-state index in [1.165, 1.54) is 11.7 Å². The zero-order valence-electron chi connectivity index (χ0n) is 16.4. The van der Waals surface area contributed by atoms with Crippen LogP contribution >= 0.6 is 0 Å². The fourth-order valence-corrected chi connectivity index (χ4v) is 3.25. The first-order chi connectivity index (χ1) is 14.0. The highest BCUT2D eigenvalue weighted by atomic mass is 16.5. The Kier molecular flexibility index (Phi) is 5.47. The van der Waals surface area contributed by atoms with Crippen molar-refractivity contribution in [2.24, 2.45) is 0 Å². The van der Waals surface area contributed by atoms with Gasteiger partial charge in [-0.15, -0.1) is 12.8 Å². The maximum absolute atomic E-state index is 13.1. The smallest absolute Gasteiger partial charge is 0.333 e. The van der Waals surface area contributed by atoms with Crippen molar-refractivity contribution in [2.45, 2.75) is 26.6 Å². The van der Waals surface area contributed by atoms with E-state index in [0.717, 1.165) is 4.57 Å². The normalized spacial score (nSPS) is 10.5. The third-order valence-corrected chi connectivity index (χ3v) is 4.57. The second kappa shape index (κ2) is 7.99. The van der Waals surface area contributed by atoms with Gasteiger partial charge in [0.15, 0.2) is 22.7 Å². The van der Waals surface area contributed by atoms with Crippen LogP contribution in [0.5, 0.6) is 11.5 Å². The van der Waals surface area contributed by atoms with Gasteiger partial charge in [0, 0.05) is 12.1 Å². The molecule has 0 aliphatic rings. The molecule has 0 N–H and O–H groups in total. The first-order valence-corrected chi connectivity index (χ1v) is 8.85. The maximum Gasteiger partial charge on any atom is 0.333 e.